The van der Waals surface area contributed by atoms with Gasteiger partial charge >= 0.3 is 0 Å². The van der Waals surface area contributed by atoms with Crippen molar-refractivity contribution >= 4 is 38.8 Å². The highest BCUT2D eigenvalue weighted by molar-refractivity contribution is 7.89. The van der Waals surface area contributed by atoms with E-state index in [1.807, 2.05) is 6.92 Å². The van der Waals surface area contributed by atoms with Crippen molar-refractivity contribution in [2.75, 3.05) is 5.32 Å². The van der Waals surface area contributed by atoms with Crippen molar-refractivity contribution in [2.24, 2.45) is 5.73 Å². The van der Waals surface area contributed by atoms with Gasteiger partial charge in [-0.3, -0.25) is 4.79 Å². The molecule has 1 rings (SSSR count). The fourth-order valence-electron chi connectivity index (χ4n) is 1.72. The van der Waals surface area contributed by atoms with Gasteiger partial charge in [-0.05, 0) is 30.7 Å². The van der Waals surface area contributed by atoms with Gasteiger partial charge in [0.2, 0.25) is 15.9 Å². The number of anilines is 1. The average molecular weight is 329 g/mol. The van der Waals surface area contributed by atoms with E-state index in [1.165, 1.54) is 31.2 Å². The first kappa shape index (κ1) is 17.5. The van der Waals surface area contributed by atoms with Crippen LogP contribution >= 0.6 is 12.2 Å². The fraction of sp³-hybridized carbons (Fsp3) is 0.385. The third-order valence-electron chi connectivity index (χ3n) is 2.75. The fourth-order valence-corrected chi connectivity index (χ4v) is 3.24. The largest absolute Gasteiger partial charge is 0.393 e. The minimum Gasteiger partial charge on any atom is -0.393 e. The van der Waals surface area contributed by atoms with Crippen LogP contribution in [0.2, 0.25) is 0 Å². The number of nitrogens with two attached hydrogens (primary N) is 1. The van der Waals surface area contributed by atoms with Crippen LogP contribution < -0.4 is 15.8 Å². The zero-order valence-electron chi connectivity index (χ0n) is 11.9. The molecule has 0 aromatic heterocycles. The van der Waals surface area contributed by atoms with Crippen molar-refractivity contribution in [1.29, 1.82) is 0 Å². The Kier molecular flexibility index (Phi) is 6.25. The van der Waals surface area contributed by atoms with Crippen molar-refractivity contribution in [3.05, 3.63) is 24.3 Å². The molecule has 0 aliphatic heterocycles. The number of carbonyl (C=O) groups is 1. The van der Waals surface area contributed by atoms with Gasteiger partial charge in [0.15, 0.2) is 0 Å². The van der Waals surface area contributed by atoms with Crippen LogP contribution in [0.4, 0.5) is 5.69 Å². The molecule has 1 amide bonds. The van der Waals surface area contributed by atoms with Gasteiger partial charge in [0.25, 0.3) is 0 Å². The van der Waals surface area contributed by atoms with E-state index in [1.54, 1.807) is 0 Å². The summed E-state index contributed by atoms with van der Waals surface area (Å²) in [4.78, 5) is 11.3. The predicted molar refractivity (Wildman–Crippen MR) is 86.5 cm³/mol. The van der Waals surface area contributed by atoms with Gasteiger partial charge in [-0.1, -0.05) is 19.1 Å². The van der Waals surface area contributed by atoms with E-state index < -0.39 is 10.0 Å². The highest BCUT2D eigenvalue weighted by Gasteiger charge is 2.19. The maximum atomic E-state index is 12.2. The molecule has 116 valence electrons. The lowest BCUT2D eigenvalue weighted by Gasteiger charge is -2.16. The van der Waals surface area contributed by atoms with E-state index in [-0.39, 0.29) is 21.8 Å². The Morgan fingerprint density at radius 3 is 2.33 bits per heavy atom. The maximum Gasteiger partial charge on any atom is 0.240 e. The van der Waals surface area contributed by atoms with Gasteiger partial charge in [0.05, 0.1) is 9.88 Å². The third-order valence-corrected chi connectivity index (χ3v) is 4.45. The number of sulfonamides is 1. The van der Waals surface area contributed by atoms with Gasteiger partial charge < -0.3 is 11.1 Å². The number of hydrogen-bond donors (Lipinski definition) is 3. The van der Waals surface area contributed by atoms with Crippen LogP contribution in [0.3, 0.4) is 0 Å². The first-order valence-electron chi connectivity index (χ1n) is 6.43. The lowest BCUT2D eigenvalue weighted by molar-refractivity contribution is -0.114. The lowest BCUT2D eigenvalue weighted by Crippen LogP contribution is -2.37. The molecule has 0 bridgehead atoms. The number of hydrogen-bond acceptors (Lipinski definition) is 4. The summed E-state index contributed by atoms with van der Waals surface area (Å²) in [7, 11) is -3.64. The highest BCUT2D eigenvalue weighted by Crippen LogP contribution is 2.15. The van der Waals surface area contributed by atoms with Crippen LogP contribution in [0.1, 0.15) is 26.7 Å². The molecule has 0 saturated carbocycles. The summed E-state index contributed by atoms with van der Waals surface area (Å²) in [6.45, 7) is 3.24. The molecule has 4 N–H and O–H groups in total. The summed E-state index contributed by atoms with van der Waals surface area (Å²) >= 11 is 4.80. The lowest BCUT2D eigenvalue weighted by atomic mass is 10.2. The predicted octanol–water partition coefficient (Wildman–Crippen LogP) is 1.38. The molecular weight excluding hydrogens is 310 g/mol. The second kappa shape index (κ2) is 7.48. The molecule has 1 aromatic carbocycles. The van der Waals surface area contributed by atoms with E-state index in [2.05, 4.69) is 10.0 Å². The molecule has 8 heteroatoms. The molecule has 0 saturated heterocycles. The normalized spacial score (nSPS) is 12.7. The summed E-state index contributed by atoms with van der Waals surface area (Å²) < 4.78 is 27.0. The summed E-state index contributed by atoms with van der Waals surface area (Å²) in [5, 5.41) is 2.57. The number of benzene rings is 1. The standard InChI is InChI=1S/C13H19N3O3S2/c1-3-10(8-13(14)20)16-21(18,19)12-6-4-11(5-7-12)15-9(2)17/h4-7,10,16H,3,8H2,1-2H3,(H2,14,20)(H,15,17). The van der Waals surface area contributed by atoms with Crippen molar-refractivity contribution in [3.8, 4) is 0 Å². The minimum atomic E-state index is -3.64. The number of thiocarbonyl (C=S) groups is 1. The van der Waals surface area contributed by atoms with Crippen LogP contribution in [0, 0.1) is 0 Å². The van der Waals surface area contributed by atoms with Crippen molar-refractivity contribution in [1.82, 2.24) is 4.72 Å². The Hall–Kier alpha value is -1.51. The molecule has 0 spiro atoms. The summed E-state index contributed by atoms with van der Waals surface area (Å²) in [6.07, 6.45) is 0.898. The summed E-state index contributed by atoms with van der Waals surface area (Å²) in [6, 6.07) is 5.60. The van der Waals surface area contributed by atoms with E-state index in [0.29, 0.717) is 18.5 Å². The van der Waals surface area contributed by atoms with Crippen molar-refractivity contribution < 1.29 is 13.2 Å². The number of rotatable bonds is 7. The first-order chi connectivity index (χ1) is 9.74. The van der Waals surface area contributed by atoms with Crippen molar-refractivity contribution in [3.63, 3.8) is 0 Å². The second-order valence-electron chi connectivity index (χ2n) is 4.60. The SMILES string of the molecule is CCC(CC(N)=S)NS(=O)(=O)c1ccc(NC(C)=O)cc1. The first-order valence-corrected chi connectivity index (χ1v) is 8.32. The Bertz CT molecular complexity index is 612. The summed E-state index contributed by atoms with van der Waals surface area (Å²) in [5.41, 5.74) is 5.99. The van der Waals surface area contributed by atoms with Gasteiger partial charge in [0, 0.05) is 25.1 Å². The molecule has 1 unspecified atom stereocenters. The Labute approximate surface area is 130 Å². The quantitative estimate of drug-likeness (QED) is 0.656. The second-order valence-corrected chi connectivity index (χ2v) is 6.84. The topological polar surface area (TPSA) is 101 Å². The average Bonchev–Trinajstić information content (AvgIpc) is 2.37. The Morgan fingerprint density at radius 2 is 1.90 bits per heavy atom. The minimum absolute atomic E-state index is 0.123. The van der Waals surface area contributed by atoms with Gasteiger partial charge in [-0.2, -0.15) is 0 Å². The van der Waals surface area contributed by atoms with E-state index in [0.717, 1.165) is 0 Å². The zero-order chi connectivity index (χ0) is 16.0. The number of nitrogens with one attached hydrogen (secondary N) is 2. The molecular formula is C13H19N3O3S2. The molecule has 0 fully saturated rings. The van der Waals surface area contributed by atoms with Crippen LogP contribution in [0.5, 0.6) is 0 Å². The molecule has 1 atom stereocenters. The van der Waals surface area contributed by atoms with Crippen LogP contribution in [0.25, 0.3) is 0 Å². The third kappa shape index (κ3) is 5.78. The van der Waals surface area contributed by atoms with E-state index in [9.17, 15) is 13.2 Å². The molecule has 0 radical (unpaired) electrons. The molecule has 0 aliphatic carbocycles. The molecule has 1 aromatic rings. The van der Waals surface area contributed by atoms with E-state index in [4.69, 9.17) is 18.0 Å². The summed E-state index contributed by atoms with van der Waals surface area (Å²) in [5.74, 6) is -0.216. The number of carbonyl (C=O) groups excluding carboxylic acids is 1. The molecule has 21 heavy (non-hydrogen) atoms. The number of amides is 1. The molecule has 0 heterocycles. The van der Waals surface area contributed by atoms with Crippen LogP contribution in [-0.4, -0.2) is 25.4 Å². The van der Waals surface area contributed by atoms with E-state index >= 15 is 0 Å². The Balaban J connectivity index is 2.86. The van der Waals surface area contributed by atoms with Gasteiger partial charge in [-0.25, -0.2) is 13.1 Å². The smallest absolute Gasteiger partial charge is 0.240 e. The zero-order valence-corrected chi connectivity index (χ0v) is 13.6. The van der Waals surface area contributed by atoms with Gasteiger partial charge in [-0.15, -0.1) is 0 Å². The highest BCUT2D eigenvalue weighted by atomic mass is 32.2. The van der Waals surface area contributed by atoms with Crippen LogP contribution in [-0.2, 0) is 14.8 Å². The van der Waals surface area contributed by atoms with Crippen LogP contribution in [0.15, 0.2) is 29.2 Å². The molecule has 6 nitrogen and oxygen atoms in total. The Morgan fingerprint density at radius 1 is 1.33 bits per heavy atom. The van der Waals surface area contributed by atoms with Gasteiger partial charge in [0.1, 0.15) is 0 Å². The monoisotopic (exact) mass is 329 g/mol. The molecule has 0 aliphatic rings. The maximum absolute atomic E-state index is 12.2. The van der Waals surface area contributed by atoms with Crippen molar-refractivity contribution in [2.45, 2.75) is 37.6 Å².